The highest BCUT2D eigenvalue weighted by molar-refractivity contribution is 5.78. The molecule has 2 aromatic rings. The molecule has 0 saturated carbocycles. The lowest BCUT2D eigenvalue weighted by atomic mass is 10.2. The minimum Gasteiger partial charge on any atom is -0.472 e. The van der Waals surface area contributed by atoms with E-state index in [4.69, 9.17) is 13.9 Å². The molecule has 3 rings (SSSR count). The molecule has 1 unspecified atom stereocenters. The fraction of sp³-hybridized carbons (Fsp3) is 0.375. The van der Waals surface area contributed by atoms with Crippen LogP contribution in [0.3, 0.4) is 0 Å². The van der Waals surface area contributed by atoms with Gasteiger partial charge < -0.3 is 19.2 Å². The molecule has 1 atom stereocenters. The summed E-state index contributed by atoms with van der Waals surface area (Å²) in [5.74, 6) is 0.516. The number of carbonyl (C=O) groups is 1. The highest BCUT2D eigenvalue weighted by Gasteiger charge is 2.17. The Balaban J connectivity index is 1.50. The Labute approximate surface area is 128 Å². The zero-order chi connectivity index (χ0) is 15.2. The van der Waals surface area contributed by atoms with Gasteiger partial charge in [0.25, 0.3) is 0 Å². The van der Waals surface area contributed by atoms with Crippen molar-refractivity contribution in [2.75, 3.05) is 13.2 Å². The number of nitrogens with one attached hydrogen (secondary N) is 1. The largest absolute Gasteiger partial charge is 0.472 e. The van der Waals surface area contributed by atoms with Crippen molar-refractivity contribution in [1.29, 1.82) is 0 Å². The van der Waals surface area contributed by atoms with Gasteiger partial charge in [-0.3, -0.25) is 4.79 Å². The maximum absolute atomic E-state index is 11.8. The second-order valence-electron chi connectivity index (χ2n) is 5.19. The van der Waals surface area contributed by atoms with E-state index < -0.39 is 0 Å². The van der Waals surface area contributed by atoms with E-state index in [2.05, 4.69) is 10.3 Å². The van der Waals surface area contributed by atoms with E-state index in [1.165, 1.54) is 0 Å². The second-order valence-corrected chi connectivity index (χ2v) is 5.19. The van der Waals surface area contributed by atoms with Gasteiger partial charge in [0.1, 0.15) is 6.10 Å². The Morgan fingerprint density at radius 3 is 3.14 bits per heavy atom. The van der Waals surface area contributed by atoms with Gasteiger partial charge in [-0.15, -0.1) is 0 Å². The molecule has 116 valence electrons. The van der Waals surface area contributed by atoms with Crippen LogP contribution in [-0.2, 0) is 22.5 Å². The smallest absolute Gasteiger partial charge is 0.224 e. The summed E-state index contributed by atoms with van der Waals surface area (Å²) in [5, 5.41) is 2.87. The molecule has 0 aromatic carbocycles. The molecule has 0 spiro atoms. The lowest BCUT2D eigenvalue weighted by Gasteiger charge is -2.11. The number of rotatable bonds is 6. The van der Waals surface area contributed by atoms with E-state index in [9.17, 15) is 4.79 Å². The monoisotopic (exact) mass is 302 g/mol. The summed E-state index contributed by atoms with van der Waals surface area (Å²) in [6.45, 7) is 1.78. The molecule has 3 heterocycles. The van der Waals surface area contributed by atoms with Gasteiger partial charge >= 0.3 is 0 Å². The number of hydrogen-bond donors (Lipinski definition) is 1. The summed E-state index contributed by atoms with van der Waals surface area (Å²) < 4.78 is 16.0. The van der Waals surface area contributed by atoms with Crippen LogP contribution in [0.25, 0.3) is 0 Å². The Hall–Kier alpha value is -2.34. The molecule has 1 aliphatic heterocycles. The number of carbonyl (C=O) groups excluding carboxylic acids is 1. The van der Waals surface area contributed by atoms with E-state index in [1.807, 2.05) is 12.1 Å². The van der Waals surface area contributed by atoms with E-state index in [1.54, 1.807) is 24.8 Å². The maximum Gasteiger partial charge on any atom is 0.224 e. The molecule has 1 saturated heterocycles. The molecular formula is C16H18N2O4. The van der Waals surface area contributed by atoms with Crippen LogP contribution >= 0.6 is 0 Å². The topological polar surface area (TPSA) is 73.6 Å². The van der Waals surface area contributed by atoms with Crippen molar-refractivity contribution in [1.82, 2.24) is 10.3 Å². The van der Waals surface area contributed by atoms with Crippen molar-refractivity contribution < 1.29 is 18.7 Å². The number of nitrogens with zero attached hydrogens (tertiary/aromatic N) is 1. The predicted molar refractivity (Wildman–Crippen MR) is 78.3 cm³/mol. The molecule has 6 nitrogen and oxygen atoms in total. The quantitative estimate of drug-likeness (QED) is 0.879. The Bertz CT molecular complexity index is 606. The minimum absolute atomic E-state index is 0.0510. The fourth-order valence-electron chi connectivity index (χ4n) is 2.24. The van der Waals surface area contributed by atoms with Crippen molar-refractivity contribution in [3.63, 3.8) is 0 Å². The molecule has 1 fully saturated rings. The van der Waals surface area contributed by atoms with Gasteiger partial charge in [-0.05, 0) is 23.3 Å². The third-order valence-electron chi connectivity index (χ3n) is 3.41. The standard InChI is InChI=1S/C16H18N2O4/c19-15(7-13-2-5-20-10-13)18-9-12-1-4-17-16(8-12)22-14-3-6-21-11-14/h1-2,4-5,8,10,14H,3,6-7,9,11H2,(H,18,19). The number of aromatic nitrogens is 1. The van der Waals surface area contributed by atoms with Gasteiger partial charge in [0.05, 0.1) is 32.2 Å². The zero-order valence-corrected chi connectivity index (χ0v) is 12.2. The van der Waals surface area contributed by atoms with Gasteiger partial charge in [0.15, 0.2) is 0 Å². The van der Waals surface area contributed by atoms with Crippen LogP contribution in [0.4, 0.5) is 0 Å². The number of pyridine rings is 1. The Kier molecular flexibility index (Phi) is 4.70. The van der Waals surface area contributed by atoms with Gasteiger partial charge in [-0.2, -0.15) is 0 Å². The average Bonchev–Trinajstić information content (AvgIpc) is 3.19. The van der Waals surface area contributed by atoms with Crippen LogP contribution in [0, 0.1) is 0 Å². The molecule has 1 amide bonds. The lowest BCUT2D eigenvalue weighted by Crippen LogP contribution is -2.24. The first kappa shape index (κ1) is 14.6. The average molecular weight is 302 g/mol. The van der Waals surface area contributed by atoms with Crippen LogP contribution < -0.4 is 10.1 Å². The van der Waals surface area contributed by atoms with Gasteiger partial charge in [-0.25, -0.2) is 4.98 Å². The molecule has 22 heavy (non-hydrogen) atoms. The number of furan rings is 1. The third kappa shape index (κ3) is 4.08. The summed E-state index contributed by atoms with van der Waals surface area (Å²) in [6, 6.07) is 5.48. The summed E-state index contributed by atoms with van der Waals surface area (Å²) >= 11 is 0. The van der Waals surface area contributed by atoms with Gasteiger partial charge in [0, 0.05) is 25.2 Å². The highest BCUT2D eigenvalue weighted by Crippen LogP contribution is 2.15. The lowest BCUT2D eigenvalue weighted by molar-refractivity contribution is -0.120. The number of hydrogen-bond acceptors (Lipinski definition) is 5. The molecule has 0 bridgehead atoms. The maximum atomic E-state index is 11.8. The van der Waals surface area contributed by atoms with E-state index in [0.717, 1.165) is 24.2 Å². The van der Waals surface area contributed by atoms with Crippen LogP contribution in [-0.4, -0.2) is 30.2 Å². The second kappa shape index (κ2) is 7.09. The van der Waals surface area contributed by atoms with E-state index in [0.29, 0.717) is 25.5 Å². The SMILES string of the molecule is O=C(Cc1ccoc1)NCc1ccnc(OC2CCOC2)c1. The summed E-state index contributed by atoms with van der Waals surface area (Å²) in [4.78, 5) is 16.0. The molecule has 1 N–H and O–H groups in total. The van der Waals surface area contributed by atoms with Crippen molar-refractivity contribution in [2.45, 2.75) is 25.5 Å². The third-order valence-corrected chi connectivity index (χ3v) is 3.41. The van der Waals surface area contributed by atoms with Crippen LogP contribution in [0.1, 0.15) is 17.5 Å². The first-order valence-corrected chi connectivity index (χ1v) is 7.27. The summed E-state index contributed by atoms with van der Waals surface area (Å²) in [6.07, 6.45) is 6.07. The molecule has 0 aliphatic carbocycles. The minimum atomic E-state index is -0.0510. The molecular weight excluding hydrogens is 284 g/mol. The van der Waals surface area contributed by atoms with E-state index >= 15 is 0 Å². The zero-order valence-electron chi connectivity index (χ0n) is 12.2. The predicted octanol–water partition coefficient (Wildman–Crippen LogP) is 1.70. The van der Waals surface area contributed by atoms with Crippen molar-refractivity contribution >= 4 is 5.91 Å². The molecule has 2 aromatic heterocycles. The van der Waals surface area contributed by atoms with Crippen LogP contribution in [0.2, 0.25) is 0 Å². The fourth-order valence-corrected chi connectivity index (χ4v) is 2.24. The highest BCUT2D eigenvalue weighted by atomic mass is 16.5. The first-order chi connectivity index (χ1) is 10.8. The molecule has 0 radical (unpaired) electrons. The molecule has 6 heteroatoms. The summed E-state index contributed by atoms with van der Waals surface area (Å²) in [7, 11) is 0. The van der Waals surface area contributed by atoms with Crippen molar-refractivity contribution in [3.8, 4) is 5.88 Å². The van der Waals surface area contributed by atoms with Crippen molar-refractivity contribution in [2.24, 2.45) is 0 Å². The van der Waals surface area contributed by atoms with E-state index in [-0.39, 0.29) is 12.0 Å². The van der Waals surface area contributed by atoms with Crippen molar-refractivity contribution in [3.05, 3.63) is 48.0 Å². The number of ether oxygens (including phenoxy) is 2. The van der Waals surface area contributed by atoms with Gasteiger partial charge in [0.2, 0.25) is 11.8 Å². The Morgan fingerprint density at radius 2 is 2.36 bits per heavy atom. The first-order valence-electron chi connectivity index (χ1n) is 7.27. The van der Waals surface area contributed by atoms with Gasteiger partial charge in [-0.1, -0.05) is 0 Å². The molecule has 1 aliphatic rings. The van der Waals surface area contributed by atoms with Crippen LogP contribution in [0.5, 0.6) is 5.88 Å². The number of amides is 1. The Morgan fingerprint density at radius 1 is 1.41 bits per heavy atom. The summed E-state index contributed by atoms with van der Waals surface area (Å²) in [5.41, 5.74) is 1.81. The van der Waals surface area contributed by atoms with Crippen LogP contribution in [0.15, 0.2) is 41.3 Å². The normalized spacial score (nSPS) is 17.4.